The third-order valence-corrected chi connectivity index (χ3v) is 3.19. The van der Waals surface area contributed by atoms with Crippen molar-refractivity contribution < 1.29 is 13.2 Å². The second kappa shape index (κ2) is 5.20. The fourth-order valence-corrected chi connectivity index (χ4v) is 2.17. The molecule has 0 aromatic carbocycles. The molecule has 1 saturated heterocycles. The number of alkyl halides is 3. The maximum Gasteiger partial charge on any atom is 0.419 e. The molecule has 0 spiro atoms. The number of rotatable bonds is 1. The summed E-state index contributed by atoms with van der Waals surface area (Å²) in [5.41, 5.74) is -1.38. The number of aromatic nitrogens is 2. The molecule has 112 valence electrons. The van der Waals surface area contributed by atoms with Crippen LogP contribution in [0.25, 0.3) is 0 Å². The third-order valence-electron chi connectivity index (χ3n) is 3.19. The van der Waals surface area contributed by atoms with Gasteiger partial charge in [-0.15, -0.1) is 0 Å². The van der Waals surface area contributed by atoms with E-state index in [0.29, 0.717) is 19.0 Å². The average molecular weight is 288 g/mol. The Balaban J connectivity index is 2.43. The van der Waals surface area contributed by atoms with Crippen LogP contribution >= 0.6 is 0 Å². The van der Waals surface area contributed by atoms with E-state index in [2.05, 4.69) is 15.3 Å². The van der Waals surface area contributed by atoms with Gasteiger partial charge in [-0.05, 0) is 0 Å². The van der Waals surface area contributed by atoms with Gasteiger partial charge in [0.05, 0.1) is 11.3 Å². The predicted octanol–water partition coefficient (Wildman–Crippen LogP) is 2.20. The summed E-state index contributed by atoms with van der Waals surface area (Å²) < 4.78 is 39.1. The van der Waals surface area contributed by atoms with Crippen molar-refractivity contribution in [3.8, 4) is 0 Å². The lowest BCUT2D eigenvalue weighted by Crippen LogP contribution is -2.44. The summed E-state index contributed by atoms with van der Waals surface area (Å²) >= 11 is 0. The van der Waals surface area contributed by atoms with Crippen LogP contribution in [0.2, 0.25) is 0 Å². The van der Waals surface area contributed by atoms with E-state index in [1.54, 1.807) is 20.8 Å². The van der Waals surface area contributed by atoms with Crippen molar-refractivity contribution in [1.29, 1.82) is 0 Å². The summed E-state index contributed by atoms with van der Waals surface area (Å²) in [6.07, 6.45) is -3.52. The highest BCUT2D eigenvalue weighted by molar-refractivity contribution is 5.37. The van der Waals surface area contributed by atoms with Gasteiger partial charge in [0.1, 0.15) is 0 Å². The van der Waals surface area contributed by atoms with Gasteiger partial charge >= 0.3 is 6.18 Å². The van der Waals surface area contributed by atoms with Gasteiger partial charge in [0, 0.05) is 37.8 Å². The number of hydrogen-bond donors (Lipinski definition) is 1. The highest BCUT2D eigenvalue weighted by atomic mass is 19.4. The van der Waals surface area contributed by atoms with Crippen LogP contribution in [-0.4, -0.2) is 36.1 Å². The molecule has 20 heavy (non-hydrogen) atoms. The Bertz CT molecular complexity index is 473. The smallest absolute Gasteiger partial charge is 0.338 e. The van der Waals surface area contributed by atoms with Crippen molar-refractivity contribution in [2.45, 2.75) is 32.4 Å². The van der Waals surface area contributed by atoms with Crippen LogP contribution in [0.3, 0.4) is 0 Å². The molecule has 0 bridgehead atoms. The second-order valence-electron chi connectivity index (χ2n) is 5.92. The first kappa shape index (κ1) is 15.0. The van der Waals surface area contributed by atoms with E-state index in [1.165, 1.54) is 0 Å². The maximum absolute atomic E-state index is 13.0. The number of hydrogen-bond acceptors (Lipinski definition) is 4. The molecule has 0 aliphatic carbocycles. The standard InChI is InChI=1S/C13H19F3N4/c1-12(2,3)10-9(13(14,15)16)8-18-11(19-10)20-6-4-17-5-7-20/h8,17H,4-7H2,1-3H3. The van der Waals surface area contributed by atoms with Crippen molar-refractivity contribution >= 4 is 5.95 Å². The third kappa shape index (κ3) is 3.20. The fraction of sp³-hybridized carbons (Fsp3) is 0.692. The fourth-order valence-electron chi connectivity index (χ4n) is 2.17. The van der Waals surface area contributed by atoms with Gasteiger partial charge < -0.3 is 10.2 Å². The molecule has 1 aliphatic heterocycles. The molecule has 1 aliphatic rings. The van der Waals surface area contributed by atoms with Crippen LogP contribution in [-0.2, 0) is 11.6 Å². The Morgan fingerprint density at radius 2 is 1.75 bits per heavy atom. The average Bonchev–Trinajstić information content (AvgIpc) is 2.37. The molecule has 1 aromatic rings. The van der Waals surface area contributed by atoms with Crippen LogP contribution < -0.4 is 10.2 Å². The largest absolute Gasteiger partial charge is 0.419 e. The van der Waals surface area contributed by atoms with E-state index in [-0.39, 0.29) is 5.69 Å². The van der Waals surface area contributed by atoms with Gasteiger partial charge in [-0.3, -0.25) is 0 Å². The molecule has 2 rings (SSSR count). The van der Waals surface area contributed by atoms with Crippen molar-refractivity contribution in [3.63, 3.8) is 0 Å². The van der Waals surface area contributed by atoms with Crippen molar-refractivity contribution in [1.82, 2.24) is 15.3 Å². The summed E-state index contributed by atoms with van der Waals surface area (Å²) in [5.74, 6) is 0.379. The number of halogens is 3. The monoisotopic (exact) mass is 288 g/mol. The van der Waals surface area contributed by atoms with Gasteiger partial charge in [-0.25, -0.2) is 9.97 Å². The quantitative estimate of drug-likeness (QED) is 0.860. The lowest BCUT2D eigenvalue weighted by Gasteiger charge is -2.29. The van der Waals surface area contributed by atoms with Crippen molar-refractivity contribution in [2.24, 2.45) is 0 Å². The molecule has 1 aromatic heterocycles. The summed E-state index contributed by atoms with van der Waals surface area (Å²) in [6, 6.07) is 0. The number of nitrogens with one attached hydrogen (secondary N) is 1. The number of nitrogens with zero attached hydrogens (tertiary/aromatic N) is 3. The predicted molar refractivity (Wildman–Crippen MR) is 70.8 cm³/mol. The van der Waals surface area contributed by atoms with Gasteiger partial charge in [-0.2, -0.15) is 13.2 Å². The van der Waals surface area contributed by atoms with Gasteiger partial charge in [0.2, 0.25) is 5.95 Å². The molecular formula is C13H19F3N4. The van der Waals surface area contributed by atoms with Crippen molar-refractivity contribution in [2.75, 3.05) is 31.1 Å². The zero-order valence-electron chi connectivity index (χ0n) is 11.9. The summed E-state index contributed by atoms with van der Waals surface area (Å²) in [7, 11) is 0. The summed E-state index contributed by atoms with van der Waals surface area (Å²) in [4.78, 5) is 10.0. The van der Waals surface area contributed by atoms with E-state index in [1.807, 2.05) is 4.90 Å². The molecule has 0 unspecified atom stereocenters. The van der Waals surface area contributed by atoms with E-state index in [4.69, 9.17) is 0 Å². The molecule has 4 nitrogen and oxygen atoms in total. The minimum absolute atomic E-state index is 0.0496. The normalized spacial score (nSPS) is 17.4. The number of piperazine rings is 1. The first-order chi connectivity index (χ1) is 9.19. The van der Waals surface area contributed by atoms with Gasteiger partial charge in [-0.1, -0.05) is 20.8 Å². The Kier molecular flexibility index (Phi) is 3.90. The van der Waals surface area contributed by atoms with Crippen LogP contribution in [0.5, 0.6) is 0 Å². The highest BCUT2D eigenvalue weighted by Gasteiger charge is 2.38. The molecular weight excluding hydrogens is 269 g/mol. The zero-order valence-corrected chi connectivity index (χ0v) is 11.9. The topological polar surface area (TPSA) is 41.1 Å². The SMILES string of the molecule is CC(C)(C)c1nc(N2CCNCC2)ncc1C(F)(F)F. The van der Waals surface area contributed by atoms with Gasteiger partial charge in [0.15, 0.2) is 0 Å². The molecule has 0 amide bonds. The van der Waals surface area contributed by atoms with Crippen LogP contribution in [0.4, 0.5) is 19.1 Å². The lowest BCUT2D eigenvalue weighted by molar-refractivity contribution is -0.139. The lowest BCUT2D eigenvalue weighted by atomic mass is 9.89. The second-order valence-corrected chi connectivity index (χ2v) is 5.92. The maximum atomic E-state index is 13.0. The summed E-state index contributed by atoms with van der Waals surface area (Å²) in [5, 5.41) is 3.19. The molecule has 7 heteroatoms. The first-order valence-corrected chi connectivity index (χ1v) is 6.60. The minimum Gasteiger partial charge on any atom is -0.338 e. The summed E-state index contributed by atoms with van der Waals surface area (Å²) in [6.45, 7) is 8.17. The molecule has 1 N–H and O–H groups in total. The van der Waals surface area contributed by atoms with Crippen LogP contribution in [0.1, 0.15) is 32.0 Å². The van der Waals surface area contributed by atoms with E-state index >= 15 is 0 Å². The Morgan fingerprint density at radius 1 is 1.15 bits per heavy atom. The van der Waals surface area contributed by atoms with Crippen LogP contribution in [0, 0.1) is 0 Å². The molecule has 2 heterocycles. The Labute approximate surface area is 116 Å². The van der Waals surface area contributed by atoms with Gasteiger partial charge in [0.25, 0.3) is 0 Å². The molecule has 1 fully saturated rings. The Hall–Kier alpha value is -1.37. The van der Waals surface area contributed by atoms with E-state index in [9.17, 15) is 13.2 Å². The zero-order chi connectivity index (χ0) is 15.0. The molecule has 0 radical (unpaired) electrons. The van der Waals surface area contributed by atoms with E-state index in [0.717, 1.165) is 19.3 Å². The Morgan fingerprint density at radius 3 is 2.25 bits per heavy atom. The highest BCUT2D eigenvalue weighted by Crippen LogP contribution is 2.36. The van der Waals surface area contributed by atoms with E-state index < -0.39 is 17.2 Å². The minimum atomic E-state index is -4.43. The first-order valence-electron chi connectivity index (χ1n) is 6.60. The molecule has 0 saturated carbocycles. The van der Waals surface area contributed by atoms with Crippen LogP contribution in [0.15, 0.2) is 6.20 Å². The molecule has 0 atom stereocenters. The number of anilines is 1. The van der Waals surface area contributed by atoms with Crippen molar-refractivity contribution in [3.05, 3.63) is 17.5 Å².